The molecule has 0 spiro atoms. The molecule has 0 aliphatic carbocycles. The Kier molecular flexibility index (Phi) is 3.78. The van der Waals surface area contributed by atoms with Crippen molar-refractivity contribution in [3.8, 4) is 0 Å². The van der Waals surface area contributed by atoms with E-state index in [1.807, 2.05) is 43.4 Å². The van der Waals surface area contributed by atoms with Crippen LogP contribution in [0.1, 0.15) is 17.2 Å². The van der Waals surface area contributed by atoms with Gasteiger partial charge in [-0.15, -0.1) is 0 Å². The topological polar surface area (TPSA) is 81.7 Å². The molecule has 0 radical (unpaired) electrons. The van der Waals surface area contributed by atoms with E-state index in [-0.39, 0.29) is 6.04 Å². The van der Waals surface area contributed by atoms with Gasteiger partial charge in [0.2, 0.25) is 5.95 Å². The predicted molar refractivity (Wildman–Crippen MR) is 99.1 cm³/mol. The molecule has 0 bridgehead atoms. The molecule has 0 amide bonds. The van der Waals surface area contributed by atoms with Crippen LogP contribution in [0, 0.1) is 0 Å². The lowest BCUT2D eigenvalue weighted by molar-refractivity contribution is 0.784. The number of aromatic nitrogens is 4. The van der Waals surface area contributed by atoms with E-state index in [1.165, 1.54) is 0 Å². The fraction of sp³-hybridized carbons (Fsp3) is 0.105. The van der Waals surface area contributed by atoms with Crippen LogP contribution in [0.5, 0.6) is 0 Å². The Hall–Kier alpha value is -3.41. The van der Waals surface area contributed by atoms with Crippen molar-refractivity contribution < 1.29 is 0 Å². The number of nitrogens with zero attached hydrogens (tertiary/aromatic N) is 4. The first-order valence-corrected chi connectivity index (χ1v) is 8.04. The zero-order valence-corrected chi connectivity index (χ0v) is 13.8. The summed E-state index contributed by atoms with van der Waals surface area (Å²) in [4.78, 5) is 8.99. The minimum atomic E-state index is -0.0764. The highest BCUT2D eigenvalue weighted by molar-refractivity contribution is 5.86. The van der Waals surface area contributed by atoms with E-state index in [0.29, 0.717) is 17.4 Å². The number of nitrogens with two attached hydrogens (primary N) is 1. The van der Waals surface area contributed by atoms with Gasteiger partial charge in [-0.05, 0) is 11.1 Å². The molecule has 0 fully saturated rings. The number of fused-ring (bicyclic) bond motifs is 1. The molecule has 0 saturated heterocycles. The molecule has 2 aromatic carbocycles. The highest BCUT2D eigenvalue weighted by Crippen LogP contribution is 2.27. The van der Waals surface area contributed by atoms with Gasteiger partial charge in [0.1, 0.15) is 5.82 Å². The van der Waals surface area contributed by atoms with Gasteiger partial charge < -0.3 is 11.1 Å². The largest absolute Gasteiger partial charge is 0.383 e. The van der Waals surface area contributed by atoms with Gasteiger partial charge in [0.25, 0.3) is 0 Å². The van der Waals surface area contributed by atoms with Crippen LogP contribution >= 0.6 is 0 Å². The Morgan fingerprint density at radius 2 is 1.52 bits per heavy atom. The van der Waals surface area contributed by atoms with E-state index in [0.717, 1.165) is 16.5 Å². The summed E-state index contributed by atoms with van der Waals surface area (Å²) in [5.41, 5.74) is 9.03. The van der Waals surface area contributed by atoms with Crippen LogP contribution in [0.15, 0.2) is 66.9 Å². The second kappa shape index (κ2) is 6.24. The van der Waals surface area contributed by atoms with Crippen LogP contribution in [0.4, 0.5) is 11.8 Å². The quantitative estimate of drug-likeness (QED) is 0.601. The van der Waals surface area contributed by atoms with Crippen molar-refractivity contribution in [1.29, 1.82) is 0 Å². The zero-order valence-electron chi connectivity index (χ0n) is 13.8. The third-order valence-electron chi connectivity index (χ3n) is 4.16. The summed E-state index contributed by atoms with van der Waals surface area (Å²) in [7, 11) is 1.84. The Labute approximate surface area is 145 Å². The summed E-state index contributed by atoms with van der Waals surface area (Å²) in [5.74, 6) is 0.895. The first-order valence-electron chi connectivity index (χ1n) is 8.04. The number of nitrogen functional groups attached to an aromatic ring is 1. The average molecular weight is 330 g/mol. The van der Waals surface area contributed by atoms with Gasteiger partial charge in [-0.2, -0.15) is 15.1 Å². The maximum absolute atomic E-state index is 6.08. The summed E-state index contributed by atoms with van der Waals surface area (Å²) in [6.45, 7) is 0. The van der Waals surface area contributed by atoms with Crippen molar-refractivity contribution >= 4 is 22.8 Å². The van der Waals surface area contributed by atoms with Crippen LogP contribution in [0.25, 0.3) is 11.0 Å². The lowest BCUT2D eigenvalue weighted by Gasteiger charge is -2.20. The minimum absolute atomic E-state index is 0.0764. The van der Waals surface area contributed by atoms with Gasteiger partial charge in [-0.1, -0.05) is 60.7 Å². The Morgan fingerprint density at radius 3 is 2.12 bits per heavy atom. The van der Waals surface area contributed by atoms with Crippen molar-refractivity contribution in [2.24, 2.45) is 7.05 Å². The molecule has 0 unspecified atom stereocenters. The zero-order chi connectivity index (χ0) is 17.2. The Morgan fingerprint density at radius 1 is 0.920 bits per heavy atom. The van der Waals surface area contributed by atoms with Crippen molar-refractivity contribution in [3.63, 3.8) is 0 Å². The van der Waals surface area contributed by atoms with Gasteiger partial charge in [0, 0.05) is 7.05 Å². The molecule has 0 atom stereocenters. The number of hydrogen-bond donors (Lipinski definition) is 2. The number of nitrogens with one attached hydrogen (secondary N) is 1. The van der Waals surface area contributed by atoms with Crippen molar-refractivity contribution in [3.05, 3.63) is 78.0 Å². The van der Waals surface area contributed by atoms with E-state index in [1.54, 1.807) is 10.9 Å². The summed E-state index contributed by atoms with van der Waals surface area (Å²) in [6.07, 6.45) is 1.68. The smallest absolute Gasteiger partial charge is 0.227 e. The molecule has 3 N–H and O–H groups in total. The molecule has 2 heterocycles. The summed E-state index contributed by atoms with van der Waals surface area (Å²) < 4.78 is 1.69. The minimum Gasteiger partial charge on any atom is -0.383 e. The second-order valence-corrected chi connectivity index (χ2v) is 5.84. The van der Waals surface area contributed by atoms with Gasteiger partial charge in [-0.25, -0.2) is 0 Å². The third-order valence-corrected chi connectivity index (χ3v) is 4.16. The summed E-state index contributed by atoms with van der Waals surface area (Å²) in [5, 5.41) is 8.37. The van der Waals surface area contributed by atoms with Crippen molar-refractivity contribution in [2.75, 3.05) is 11.1 Å². The molecule has 0 saturated carbocycles. The highest BCUT2D eigenvalue weighted by atomic mass is 15.3. The molecular formula is C19H18N6. The number of rotatable bonds is 4. The standard InChI is InChI=1S/C19H18N6/c1-25-18-15(12-21-25)17(20)23-19(24-18)22-16(13-8-4-2-5-9-13)14-10-6-3-7-11-14/h2-12,16H,1H3,(H3,20,22,23,24). The second-order valence-electron chi connectivity index (χ2n) is 5.84. The lowest BCUT2D eigenvalue weighted by Crippen LogP contribution is -2.15. The number of hydrogen-bond acceptors (Lipinski definition) is 5. The lowest BCUT2D eigenvalue weighted by atomic mass is 9.99. The van der Waals surface area contributed by atoms with E-state index in [2.05, 4.69) is 44.6 Å². The first-order chi connectivity index (χ1) is 12.2. The van der Waals surface area contributed by atoms with Crippen LogP contribution in [0.3, 0.4) is 0 Å². The maximum Gasteiger partial charge on any atom is 0.227 e. The van der Waals surface area contributed by atoms with Gasteiger partial charge >= 0.3 is 0 Å². The van der Waals surface area contributed by atoms with Crippen LogP contribution < -0.4 is 11.1 Å². The van der Waals surface area contributed by atoms with E-state index in [4.69, 9.17) is 5.73 Å². The van der Waals surface area contributed by atoms with Gasteiger partial charge in [0.05, 0.1) is 17.6 Å². The summed E-state index contributed by atoms with van der Waals surface area (Å²) >= 11 is 0. The van der Waals surface area contributed by atoms with Crippen LogP contribution in [-0.2, 0) is 7.05 Å². The molecule has 4 aromatic rings. The SMILES string of the molecule is Cn1ncc2c(N)nc(NC(c3ccccc3)c3ccccc3)nc21. The van der Waals surface area contributed by atoms with Gasteiger partial charge in [-0.3, -0.25) is 4.68 Å². The van der Waals surface area contributed by atoms with Crippen LogP contribution in [-0.4, -0.2) is 19.7 Å². The molecule has 6 heteroatoms. The van der Waals surface area contributed by atoms with E-state index in [9.17, 15) is 0 Å². The van der Waals surface area contributed by atoms with Crippen LogP contribution in [0.2, 0.25) is 0 Å². The Bertz CT molecular complexity index is 955. The average Bonchev–Trinajstić information content (AvgIpc) is 3.03. The molecule has 25 heavy (non-hydrogen) atoms. The fourth-order valence-electron chi connectivity index (χ4n) is 2.89. The van der Waals surface area contributed by atoms with E-state index < -0.39 is 0 Å². The fourth-order valence-corrected chi connectivity index (χ4v) is 2.89. The number of anilines is 2. The Balaban J connectivity index is 1.78. The molecule has 6 nitrogen and oxygen atoms in total. The highest BCUT2D eigenvalue weighted by Gasteiger charge is 2.17. The van der Waals surface area contributed by atoms with E-state index >= 15 is 0 Å². The molecule has 0 aliphatic heterocycles. The van der Waals surface area contributed by atoms with Crippen molar-refractivity contribution in [1.82, 2.24) is 19.7 Å². The molecular weight excluding hydrogens is 312 g/mol. The maximum atomic E-state index is 6.08. The third kappa shape index (κ3) is 2.89. The monoisotopic (exact) mass is 330 g/mol. The molecule has 4 rings (SSSR count). The molecule has 124 valence electrons. The van der Waals surface area contributed by atoms with Crippen molar-refractivity contribution in [2.45, 2.75) is 6.04 Å². The number of benzene rings is 2. The number of aryl methyl sites for hydroxylation is 1. The normalized spacial score (nSPS) is 11.1. The van der Waals surface area contributed by atoms with Gasteiger partial charge in [0.15, 0.2) is 5.65 Å². The molecule has 2 aromatic heterocycles. The first kappa shape index (κ1) is 15.1. The summed E-state index contributed by atoms with van der Waals surface area (Å²) in [6, 6.07) is 20.3. The molecule has 0 aliphatic rings. The predicted octanol–water partition coefficient (Wildman–Crippen LogP) is 3.15.